The first-order valence-electron chi connectivity index (χ1n) is 8.26. The van der Waals surface area contributed by atoms with Crippen LogP contribution in [0, 0.1) is 13.8 Å². The van der Waals surface area contributed by atoms with E-state index in [-0.39, 0.29) is 24.0 Å². The number of hydrogen-bond donors (Lipinski definition) is 0. The zero-order chi connectivity index (χ0) is 19.3. The summed E-state index contributed by atoms with van der Waals surface area (Å²) in [6.45, 7) is 6.05. The Morgan fingerprint density at radius 3 is 2.54 bits per heavy atom. The SMILES string of the molecule is COC[C@H](C)n1c(C)cc(C(=O)COC(=O)c2ccc(OC)nc2)c1C. The topological polar surface area (TPSA) is 79.7 Å². The molecule has 2 rings (SSSR count). The number of carbonyl (C=O) groups is 2. The van der Waals surface area contributed by atoms with Crippen LogP contribution in [-0.2, 0) is 9.47 Å². The third kappa shape index (κ3) is 4.29. The molecule has 0 aliphatic carbocycles. The molecule has 7 nitrogen and oxygen atoms in total. The quantitative estimate of drug-likeness (QED) is 0.532. The molecule has 7 heteroatoms. The summed E-state index contributed by atoms with van der Waals surface area (Å²) in [6.07, 6.45) is 1.35. The van der Waals surface area contributed by atoms with Crippen LogP contribution in [0.5, 0.6) is 5.88 Å². The number of methoxy groups -OCH3 is 2. The first-order chi connectivity index (χ1) is 12.4. The molecule has 2 aromatic heterocycles. The van der Waals surface area contributed by atoms with Gasteiger partial charge in [0.05, 0.1) is 25.3 Å². The van der Waals surface area contributed by atoms with Crippen LogP contribution in [-0.4, -0.2) is 48.7 Å². The van der Waals surface area contributed by atoms with E-state index in [4.69, 9.17) is 14.2 Å². The van der Waals surface area contributed by atoms with Gasteiger partial charge in [-0.25, -0.2) is 9.78 Å². The summed E-state index contributed by atoms with van der Waals surface area (Å²) in [6, 6.07) is 5.02. The predicted molar refractivity (Wildman–Crippen MR) is 95.9 cm³/mol. The molecule has 26 heavy (non-hydrogen) atoms. The van der Waals surface area contributed by atoms with Gasteiger partial charge in [0.15, 0.2) is 6.61 Å². The van der Waals surface area contributed by atoms with Gasteiger partial charge < -0.3 is 18.8 Å². The number of nitrogens with zero attached hydrogens (tertiary/aromatic N) is 2. The molecule has 0 bridgehead atoms. The molecule has 0 spiro atoms. The Bertz CT molecular complexity index is 780. The molecule has 0 radical (unpaired) electrons. The summed E-state index contributed by atoms with van der Waals surface area (Å²) < 4.78 is 17.3. The van der Waals surface area contributed by atoms with Crippen molar-refractivity contribution in [2.45, 2.75) is 26.8 Å². The van der Waals surface area contributed by atoms with Gasteiger partial charge in [-0.15, -0.1) is 0 Å². The second-order valence-corrected chi connectivity index (χ2v) is 6.05. The van der Waals surface area contributed by atoms with Crippen molar-refractivity contribution in [3.63, 3.8) is 0 Å². The van der Waals surface area contributed by atoms with Crippen molar-refractivity contribution in [2.24, 2.45) is 0 Å². The molecule has 0 saturated carbocycles. The third-order valence-corrected chi connectivity index (χ3v) is 4.15. The number of rotatable bonds is 8. The summed E-state index contributed by atoms with van der Waals surface area (Å²) in [7, 11) is 3.13. The van der Waals surface area contributed by atoms with Crippen molar-refractivity contribution < 1.29 is 23.8 Å². The van der Waals surface area contributed by atoms with Gasteiger partial charge in [-0.05, 0) is 32.9 Å². The average molecular weight is 360 g/mol. The number of esters is 1. The Kier molecular flexibility index (Phi) is 6.52. The van der Waals surface area contributed by atoms with Gasteiger partial charge >= 0.3 is 5.97 Å². The molecule has 140 valence electrons. The highest BCUT2D eigenvalue weighted by Gasteiger charge is 2.20. The number of aromatic nitrogens is 2. The van der Waals surface area contributed by atoms with Crippen molar-refractivity contribution >= 4 is 11.8 Å². The average Bonchev–Trinajstić information content (AvgIpc) is 2.94. The number of ketones is 1. The Hall–Kier alpha value is -2.67. The van der Waals surface area contributed by atoms with Crippen molar-refractivity contribution in [1.82, 2.24) is 9.55 Å². The van der Waals surface area contributed by atoms with E-state index in [1.54, 1.807) is 13.2 Å². The maximum atomic E-state index is 12.5. The lowest BCUT2D eigenvalue weighted by molar-refractivity contribution is 0.0474. The van der Waals surface area contributed by atoms with Crippen LogP contribution < -0.4 is 4.74 Å². The lowest BCUT2D eigenvalue weighted by atomic mass is 10.1. The highest BCUT2D eigenvalue weighted by atomic mass is 16.5. The van der Waals surface area contributed by atoms with Crippen LogP contribution in [0.25, 0.3) is 0 Å². The van der Waals surface area contributed by atoms with E-state index in [1.165, 1.54) is 19.4 Å². The molecule has 0 aliphatic heterocycles. The molecule has 1 atom stereocenters. The monoisotopic (exact) mass is 360 g/mol. The maximum Gasteiger partial charge on any atom is 0.340 e. The molecular formula is C19H24N2O5. The summed E-state index contributed by atoms with van der Waals surface area (Å²) in [4.78, 5) is 28.5. The highest BCUT2D eigenvalue weighted by Crippen LogP contribution is 2.21. The van der Waals surface area contributed by atoms with Crippen LogP contribution in [0.3, 0.4) is 0 Å². The fourth-order valence-corrected chi connectivity index (χ4v) is 2.97. The van der Waals surface area contributed by atoms with Gasteiger partial charge in [0, 0.05) is 36.3 Å². The lowest BCUT2D eigenvalue weighted by Crippen LogP contribution is -2.17. The standard InChI is InChI=1S/C19H24N2O5/c1-12-8-16(14(3)21(12)13(2)10-24-4)17(22)11-26-19(23)15-6-7-18(25-5)20-9-15/h6-9,13H,10-11H2,1-5H3/t13-/m0/s1. The molecule has 0 aromatic carbocycles. The van der Waals surface area contributed by atoms with Crippen LogP contribution in [0.2, 0.25) is 0 Å². The van der Waals surface area contributed by atoms with E-state index >= 15 is 0 Å². The van der Waals surface area contributed by atoms with E-state index in [2.05, 4.69) is 4.98 Å². The Morgan fingerprint density at radius 1 is 1.23 bits per heavy atom. The highest BCUT2D eigenvalue weighted by molar-refractivity contribution is 6.00. The van der Waals surface area contributed by atoms with Gasteiger partial charge in [-0.3, -0.25) is 4.79 Å². The van der Waals surface area contributed by atoms with Crippen LogP contribution in [0.1, 0.15) is 45.1 Å². The van der Waals surface area contributed by atoms with Gasteiger partial charge in [-0.2, -0.15) is 0 Å². The molecule has 2 aromatic rings. The minimum Gasteiger partial charge on any atom is -0.481 e. The summed E-state index contributed by atoms with van der Waals surface area (Å²) in [5.74, 6) is -0.450. The van der Waals surface area contributed by atoms with E-state index in [1.807, 2.05) is 31.4 Å². The van der Waals surface area contributed by atoms with Gasteiger partial charge in [0.2, 0.25) is 11.7 Å². The number of aryl methyl sites for hydroxylation is 1. The number of ether oxygens (including phenoxy) is 3. The molecule has 0 N–H and O–H groups in total. The van der Waals surface area contributed by atoms with E-state index in [9.17, 15) is 9.59 Å². The minimum atomic E-state index is -0.602. The normalized spacial score (nSPS) is 11.9. The van der Waals surface area contributed by atoms with E-state index < -0.39 is 5.97 Å². The third-order valence-electron chi connectivity index (χ3n) is 4.15. The Labute approximate surface area is 152 Å². The Balaban J connectivity index is 2.05. The maximum absolute atomic E-state index is 12.5. The number of Topliss-reactive ketones (excluding diaryl/α,β-unsaturated/α-hetero) is 1. The molecule has 0 aliphatic rings. The second kappa shape index (κ2) is 8.62. The minimum absolute atomic E-state index is 0.106. The number of pyridine rings is 1. The largest absolute Gasteiger partial charge is 0.481 e. The van der Waals surface area contributed by atoms with Crippen LogP contribution in [0.15, 0.2) is 24.4 Å². The van der Waals surface area contributed by atoms with Crippen LogP contribution >= 0.6 is 0 Å². The smallest absolute Gasteiger partial charge is 0.340 e. The van der Waals surface area contributed by atoms with Crippen molar-refractivity contribution in [2.75, 3.05) is 27.4 Å². The summed E-state index contributed by atoms with van der Waals surface area (Å²) >= 11 is 0. The fraction of sp³-hybridized carbons (Fsp3) is 0.421. The molecule has 2 heterocycles. The van der Waals surface area contributed by atoms with Crippen molar-refractivity contribution in [3.8, 4) is 5.88 Å². The number of carbonyl (C=O) groups excluding carboxylic acids is 2. The Morgan fingerprint density at radius 2 is 1.96 bits per heavy atom. The summed E-state index contributed by atoms with van der Waals surface area (Å²) in [5, 5.41) is 0. The molecule has 0 unspecified atom stereocenters. The van der Waals surface area contributed by atoms with Crippen molar-refractivity contribution in [1.29, 1.82) is 0 Å². The molecule has 0 saturated heterocycles. The lowest BCUT2D eigenvalue weighted by Gasteiger charge is -2.17. The van der Waals surface area contributed by atoms with Crippen LogP contribution in [0.4, 0.5) is 0 Å². The first kappa shape index (κ1) is 19.7. The molecule has 0 amide bonds. The fourth-order valence-electron chi connectivity index (χ4n) is 2.97. The zero-order valence-corrected chi connectivity index (χ0v) is 15.7. The van der Waals surface area contributed by atoms with Gasteiger partial charge in [0.25, 0.3) is 0 Å². The molecule has 0 fully saturated rings. The predicted octanol–water partition coefficient (Wildman–Crippen LogP) is 2.76. The first-order valence-corrected chi connectivity index (χ1v) is 8.26. The van der Waals surface area contributed by atoms with Gasteiger partial charge in [0.1, 0.15) is 0 Å². The van der Waals surface area contributed by atoms with Crippen molar-refractivity contribution in [3.05, 3.63) is 46.9 Å². The molecular weight excluding hydrogens is 336 g/mol. The second-order valence-electron chi connectivity index (χ2n) is 6.05. The summed E-state index contributed by atoms with van der Waals surface area (Å²) in [5.41, 5.74) is 2.60. The van der Waals surface area contributed by atoms with E-state index in [0.29, 0.717) is 18.1 Å². The van der Waals surface area contributed by atoms with Gasteiger partial charge in [-0.1, -0.05) is 0 Å². The van der Waals surface area contributed by atoms with E-state index in [0.717, 1.165) is 11.4 Å². The zero-order valence-electron chi connectivity index (χ0n) is 15.7. The number of hydrogen-bond acceptors (Lipinski definition) is 6.